The van der Waals surface area contributed by atoms with Crippen LogP contribution in [0.15, 0.2) is 35.1 Å². The third-order valence-electron chi connectivity index (χ3n) is 7.24. The van der Waals surface area contributed by atoms with Gasteiger partial charge in [-0.15, -0.1) is 0 Å². The van der Waals surface area contributed by atoms with Gasteiger partial charge in [-0.3, -0.25) is 9.36 Å². The maximum absolute atomic E-state index is 16.5. The minimum Gasteiger partial charge on any atom is -0.377 e. The highest BCUT2D eigenvalue weighted by molar-refractivity contribution is 7.89. The van der Waals surface area contributed by atoms with Gasteiger partial charge in [-0.05, 0) is 69.0 Å². The molecule has 2 heterocycles. The first-order valence-corrected chi connectivity index (χ1v) is 14.6. The number of hydrogen-bond donors (Lipinski definition) is 1. The molecule has 0 aliphatic carbocycles. The molecule has 1 saturated heterocycles. The smallest absolute Gasteiger partial charge is 0.259 e. The van der Waals surface area contributed by atoms with Gasteiger partial charge in [0.25, 0.3) is 5.56 Å². The molecule has 0 unspecified atom stereocenters. The zero-order chi connectivity index (χ0) is 28.5. The Morgan fingerprint density at radius 3 is 2.62 bits per heavy atom. The fourth-order valence-electron chi connectivity index (χ4n) is 5.30. The van der Waals surface area contributed by atoms with Gasteiger partial charge < -0.3 is 10.2 Å². The molecule has 0 saturated carbocycles. The summed E-state index contributed by atoms with van der Waals surface area (Å²) in [5.74, 6) is -0.797. The highest BCUT2D eigenvalue weighted by Crippen LogP contribution is 2.33. The van der Waals surface area contributed by atoms with Crippen molar-refractivity contribution in [3.05, 3.63) is 69.0 Å². The van der Waals surface area contributed by atoms with E-state index in [-0.39, 0.29) is 33.5 Å². The minimum atomic E-state index is -3.22. The molecule has 0 radical (unpaired) electrons. The molecule has 1 fully saturated rings. The van der Waals surface area contributed by atoms with Gasteiger partial charge in [-0.2, -0.15) is 5.26 Å². The lowest BCUT2D eigenvalue weighted by Crippen LogP contribution is -2.35. The number of nitrogens with zero attached hydrogens (tertiary/aromatic N) is 4. The maximum Gasteiger partial charge on any atom is 0.259 e. The van der Waals surface area contributed by atoms with Gasteiger partial charge in [0.2, 0.25) is 10.0 Å². The number of nitriles is 1. The average Bonchev–Trinajstić information content (AvgIpc) is 3.24. The van der Waals surface area contributed by atoms with Crippen LogP contribution in [0.5, 0.6) is 0 Å². The zero-order valence-electron chi connectivity index (χ0n) is 22.6. The fourth-order valence-corrected chi connectivity index (χ4v) is 6.86. The number of hydrogen-bond acceptors (Lipinski definition) is 6. The molecule has 1 aliphatic heterocycles. The Labute approximate surface area is 227 Å². The van der Waals surface area contributed by atoms with Crippen molar-refractivity contribution < 1.29 is 17.2 Å². The second kappa shape index (κ2) is 11.3. The molecule has 11 heteroatoms. The first kappa shape index (κ1) is 28.5. The Hall–Kier alpha value is -3.49. The van der Waals surface area contributed by atoms with E-state index in [0.717, 1.165) is 11.6 Å². The SMILES string of the molecule is CCN(CCCN1CCCS1(=O)=O)c1c(F)c2c([C@@H](C)Nc3ccc(F)cc3C#N)cc(C)cc2c(=O)n1C. The van der Waals surface area contributed by atoms with Crippen LogP contribution in [0.1, 0.15) is 49.4 Å². The van der Waals surface area contributed by atoms with E-state index in [9.17, 15) is 22.9 Å². The molecule has 208 valence electrons. The van der Waals surface area contributed by atoms with Crippen LogP contribution in [0.25, 0.3) is 10.8 Å². The molecule has 1 atom stereocenters. The quantitative estimate of drug-likeness (QED) is 0.418. The first-order chi connectivity index (χ1) is 18.5. The van der Waals surface area contributed by atoms with Crippen molar-refractivity contribution in [1.82, 2.24) is 8.87 Å². The van der Waals surface area contributed by atoms with Crippen LogP contribution in [0.4, 0.5) is 20.3 Å². The molecule has 2 aromatic carbocycles. The number of benzene rings is 2. The number of rotatable bonds is 9. The number of anilines is 2. The van der Waals surface area contributed by atoms with Gasteiger partial charge in [0.15, 0.2) is 5.82 Å². The van der Waals surface area contributed by atoms with E-state index in [4.69, 9.17) is 0 Å². The summed E-state index contributed by atoms with van der Waals surface area (Å²) < 4.78 is 57.2. The summed E-state index contributed by atoms with van der Waals surface area (Å²) in [6.45, 7) is 7.10. The Morgan fingerprint density at radius 1 is 1.23 bits per heavy atom. The fraction of sp³-hybridized carbons (Fsp3) is 0.429. The molecule has 1 N–H and O–H groups in total. The Morgan fingerprint density at radius 2 is 1.97 bits per heavy atom. The number of sulfonamides is 1. The summed E-state index contributed by atoms with van der Waals surface area (Å²) in [7, 11) is -1.69. The number of aryl methyl sites for hydroxylation is 1. The van der Waals surface area contributed by atoms with E-state index < -0.39 is 27.7 Å². The lowest BCUT2D eigenvalue weighted by Gasteiger charge is -2.28. The van der Waals surface area contributed by atoms with Crippen molar-refractivity contribution >= 4 is 32.3 Å². The van der Waals surface area contributed by atoms with Gasteiger partial charge in [-0.25, -0.2) is 21.5 Å². The first-order valence-electron chi connectivity index (χ1n) is 13.0. The van der Waals surface area contributed by atoms with E-state index in [0.29, 0.717) is 50.3 Å². The second-order valence-corrected chi connectivity index (χ2v) is 12.0. The molecular weight excluding hydrogens is 524 g/mol. The molecule has 0 spiro atoms. The average molecular weight is 558 g/mol. The van der Waals surface area contributed by atoms with Crippen molar-refractivity contribution in [3.8, 4) is 6.07 Å². The highest BCUT2D eigenvalue weighted by atomic mass is 32.2. The zero-order valence-corrected chi connectivity index (χ0v) is 23.4. The lowest BCUT2D eigenvalue weighted by molar-refractivity contribution is 0.434. The van der Waals surface area contributed by atoms with E-state index in [2.05, 4.69) is 5.32 Å². The van der Waals surface area contributed by atoms with Gasteiger partial charge in [0.1, 0.15) is 17.7 Å². The monoisotopic (exact) mass is 557 g/mol. The van der Waals surface area contributed by atoms with Gasteiger partial charge >= 0.3 is 0 Å². The van der Waals surface area contributed by atoms with Crippen molar-refractivity contribution in [1.29, 1.82) is 5.26 Å². The summed E-state index contributed by atoms with van der Waals surface area (Å²) in [5, 5.41) is 13.0. The number of aromatic nitrogens is 1. The highest BCUT2D eigenvalue weighted by Gasteiger charge is 2.28. The van der Waals surface area contributed by atoms with Crippen molar-refractivity contribution in [3.63, 3.8) is 0 Å². The second-order valence-electron chi connectivity index (χ2n) is 9.95. The number of pyridine rings is 1. The predicted octanol–water partition coefficient (Wildman–Crippen LogP) is 4.42. The number of halogens is 2. The molecule has 0 amide bonds. The van der Waals surface area contributed by atoms with Crippen LogP contribution in [-0.4, -0.2) is 49.2 Å². The summed E-state index contributed by atoms with van der Waals surface area (Å²) >= 11 is 0. The largest absolute Gasteiger partial charge is 0.377 e. The third-order valence-corrected chi connectivity index (χ3v) is 9.20. The summed E-state index contributed by atoms with van der Waals surface area (Å²) in [6, 6.07) is 8.74. The van der Waals surface area contributed by atoms with E-state index >= 15 is 4.39 Å². The summed E-state index contributed by atoms with van der Waals surface area (Å²) in [5.41, 5.74) is 1.48. The van der Waals surface area contributed by atoms with E-state index in [1.807, 2.05) is 19.9 Å². The standard InChI is InChI=1S/C28H33F2N5O3S/c1-5-34(10-6-11-35-12-7-13-39(35,37)38)27-26(30)25-22(14-18(2)15-23(25)28(36)33(27)4)19(3)32-24-9-8-21(29)16-20(24)17-31/h8-9,14-16,19,32H,5-7,10-13H2,1-4H3/t19-/m1/s1. The number of nitrogens with one attached hydrogen (secondary N) is 1. The van der Waals surface area contributed by atoms with E-state index in [1.54, 1.807) is 24.0 Å². The summed E-state index contributed by atoms with van der Waals surface area (Å²) in [6.07, 6.45) is 1.09. The number of fused-ring (bicyclic) bond motifs is 1. The van der Waals surface area contributed by atoms with Crippen LogP contribution >= 0.6 is 0 Å². The molecule has 1 aromatic heterocycles. The topological polar surface area (TPSA) is 98.4 Å². The van der Waals surface area contributed by atoms with Crippen LogP contribution in [-0.2, 0) is 17.1 Å². The minimum absolute atomic E-state index is 0.119. The Balaban J connectivity index is 1.74. The maximum atomic E-state index is 16.5. The van der Waals surface area contributed by atoms with Crippen molar-refractivity contribution in [2.45, 2.75) is 39.7 Å². The Bertz CT molecular complexity index is 1610. The molecule has 4 rings (SSSR count). The van der Waals surface area contributed by atoms with Crippen molar-refractivity contribution in [2.24, 2.45) is 7.05 Å². The lowest BCUT2D eigenvalue weighted by atomic mass is 9.96. The van der Waals surface area contributed by atoms with Crippen molar-refractivity contribution in [2.75, 3.05) is 42.1 Å². The molecular formula is C28H33F2N5O3S. The normalized spacial score (nSPS) is 15.8. The van der Waals surface area contributed by atoms with Gasteiger partial charge in [0.05, 0.1) is 22.4 Å². The van der Waals surface area contributed by atoms with Gasteiger partial charge in [0, 0.05) is 44.7 Å². The van der Waals surface area contributed by atoms with Crippen LogP contribution in [0.2, 0.25) is 0 Å². The molecule has 39 heavy (non-hydrogen) atoms. The predicted molar refractivity (Wildman–Crippen MR) is 150 cm³/mol. The Kier molecular flexibility index (Phi) is 8.28. The third kappa shape index (κ3) is 5.63. The summed E-state index contributed by atoms with van der Waals surface area (Å²) in [4.78, 5) is 15.2. The van der Waals surface area contributed by atoms with Crippen LogP contribution < -0.4 is 15.8 Å². The van der Waals surface area contributed by atoms with Crippen LogP contribution in [0.3, 0.4) is 0 Å². The van der Waals surface area contributed by atoms with Gasteiger partial charge in [-0.1, -0.05) is 6.07 Å². The van der Waals surface area contributed by atoms with Crippen LogP contribution in [0, 0.1) is 29.9 Å². The molecule has 0 bridgehead atoms. The van der Waals surface area contributed by atoms with E-state index in [1.165, 1.54) is 28.1 Å². The molecule has 1 aliphatic rings. The molecule has 3 aromatic rings. The molecule has 8 nitrogen and oxygen atoms in total.